The monoisotopic (exact) mass is 386 g/mol. The van der Waals surface area contributed by atoms with Crippen molar-refractivity contribution in [1.82, 2.24) is 5.32 Å². The van der Waals surface area contributed by atoms with Crippen molar-refractivity contribution in [1.29, 1.82) is 0 Å². The van der Waals surface area contributed by atoms with Crippen molar-refractivity contribution < 1.29 is 19.0 Å². The van der Waals surface area contributed by atoms with Crippen LogP contribution < -0.4 is 20.5 Å². The molecule has 148 valence electrons. The first-order chi connectivity index (χ1) is 11.8. The van der Waals surface area contributed by atoms with Gasteiger partial charge < -0.3 is 25.3 Å². The SMILES string of the molecule is CCOC1CC(N)(C(=O)NCCCOc2cccc(OC)c2)C1(C)C.Cl. The third-order valence-electron chi connectivity index (χ3n) is 5.15. The maximum atomic E-state index is 12.5. The molecule has 1 amide bonds. The number of methoxy groups -OCH3 is 1. The molecule has 0 saturated heterocycles. The van der Waals surface area contributed by atoms with Crippen molar-refractivity contribution in [2.75, 3.05) is 26.9 Å². The van der Waals surface area contributed by atoms with Gasteiger partial charge in [-0.05, 0) is 25.5 Å². The predicted molar refractivity (Wildman–Crippen MR) is 104 cm³/mol. The second kappa shape index (κ2) is 9.44. The molecule has 0 heterocycles. The molecule has 1 aromatic carbocycles. The zero-order valence-electron chi connectivity index (χ0n) is 16.0. The molecule has 2 rings (SSSR count). The lowest BCUT2D eigenvalue weighted by molar-refractivity contribution is -0.170. The van der Waals surface area contributed by atoms with Crippen LogP contribution >= 0.6 is 12.4 Å². The lowest BCUT2D eigenvalue weighted by atomic mass is 9.54. The van der Waals surface area contributed by atoms with Crippen molar-refractivity contribution in [2.45, 2.75) is 45.3 Å². The van der Waals surface area contributed by atoms with E-state index in [1.54, 1.807) is 7.11 Å². The Balaban J connectivity index is 0.00000338. The molecule has 1 aliphatic rings. The van der Waals surface area contributed by atoms with Gasteiger partial charge in [0.2, 0.25) is 5.91 Å². The van der Waals surface area contributed by atoms with E-state index in [2.05, 4.69) is 5.32 Å². The predicted octanol–water partition coefficient (Wildman–Crippen LogP) is 2.53. The van der Waals surface area contributed by atoms with Crippen LogP contribution in [0.25, 0.3) is 0 Å². The first kappa shape index (κ1) is 22.5. The van der Waals surface area contributed by atoms with Gasteiger partial charge >= 0.3 is 0 Å². The van der Waals surface area contributed by atoms with Crippen molar-refractivity contribution in [2.24, 2.45) is 11.1 Å². The Bertz CT molecular complexity index is 597. The lowest BCUT2D eigenvalue weighted by Crippen LogP contribution is -2.75. The minimum atomic E-state index is -0.875. The molecule has 2 atom stereocenters. The smallest absolute Gasteiger partial charge is 0.240 e. The largest absolute Gasteiger partial charge is 0.497 e. The van der Waals surface area contributed by atoms with Gasteiger partial charge in [-0.15, -0.1) is 12.4 Å². The zero-order chi connectivity index (χ0) is 18.5. The van der Waals surface area contributed by atoms with Gasteiger partial charge in [0.15, 0.2) is 0 Å². The number of halogens is 1. The average molecular weight is 387 g/mol. The molecule has 0 spiro atoms. The summed E-state index contributed by atoms with van der Waals surface area (Å²) in [5.74, 6) is 1.39. The molecule has 0 aromatic heterocycles. The summed E-state index contributed by atoms with van der Waals surface area (Å²) in [6, 6.07) is 7.45. The third-order valence-corrected chi connectivity index (χ3v) is 5.15. The van der Waals surface area contributed by atoms with E-state index in [4.69, 9.17) is 19.9 Å². The summed E-state index contributed by atoms with van der Waals surface area (Å²) in [5.41, 5.74) is 5.10. The number of carbonyl (C=O) groups excluding carboxylic acids is 1. The van der Waals surface area contributed by atoms with Crippen LogP contribution in [-0.2, 0) is 9.53 Å². The Hall–Kier alpha value is -1.50. The van der Waals surface area contributed by atoms with Gasteiger partial charge in [0.1, 0.15) is 17.0 Å². The minimum Gasteiger partial charge on any atom is -0.497 e. The molecule has 1 saturated carbocycles. The number of ether oxygens (including phenoxy) is 3. The number of hydrogen-bond acceptors (Lipinski definition) is 5. The molecule has 26 heavy (non-hydrogen) atoms. The van der Waals surface area contributed by atoms with E-state index in [0.717, 1.165) is 11.5 Å². The number of nitrogens with one attached hydrogen (secondary N) is 1. The van der Waals surface area contributed by atoms with Crippen molar-refractivity contribution >= 4 is 18.3 Å². The van der Waals surface area contributed by atoms with Gasteiger partial charge in [0.25, 0.3) is 0 Å². The number of benzene rings is 1. The second-order valence-electron chi connectivity index (χ2n) is 6.98. The number of hydrogen-bond donors (Lipinski definition) is 2. The second-order valence-corrected chi connectivity index (χ2v) is 6.98. The number of amides is 1. The van der Waals surface area contributed by atoms with Gasteiger partial charge in [0, 0.05) is 31.1 Å². The summed E-state index contributed by atoms with van der Waals surface area (Å²) in [6.45, 7) is 7.60. The van der Waals surface area contributed by atoms with Crippen LogP contribution in [0.15, 0.2) is 24.3 Å². The van der Waals surface area contributed by atoms with Crippen LogP contribution in [0.1, 0.15) is 33.6 Å². The Kier molecular flexibility index (Phi) is 8.18. The van der Waals surface area contributed by atoms with E-state index in [9.17, 15) is 4.79 Å². The summed E-state index contributed by atoms with van der Waals surface area (Å²) in [6.07, 6.45) is 1.29. The third kappa shape index (κ3) is 4.61. The van der Waals surface area contributed by atoms with Gasteiger partial charge in [-0.25, -0.2) is 0 Å². The Morgan fingerprint density at radius 2 is 2.04 bits per heavy atom. The maximum Gasteiger partial charge on any atom is 0.240 e. The first-order valence-corrected chi connectivity index (χ1v) is 8.80. The van der Waals surface area contributed by atoms with E-state index in [1.807, 2.05) is 45.0 Å². The molecule has 1 aromatic rings. The summed E-state index contributed by atoms with van der Waals surface area (Å²) >= 11 is 0. The lowest BCUT2D eigenvalue weighted by Gasteiger charge is -2.57. The molecule has 0 bridgehead atoms. The van der Waals surface area contributed by atoms with Crippen LogP contribution in [0.2, 0.25) is 0 Å². The van der Waals surface area contributed by atoms with Crippen LogP contribution in [0.3, 0.4) is 0 Å². The number of nitrogens with two attached hydrogens (primary N) is 1. The van der Waals surface area contributed by atoms with Crippen molar-refractivity contribution in [3.63, 3.8) is 0 Å². The standard InChI is InChI=1S/C19H30N2O4.ClH/c1-5-24-16-13-19(20,18(16,2)3)17(22)21-10-7-11-25-15-9-6-8-14(12-15)23-4;/h6,8-9,12,16H,5,7,10-11,13,20H2,1-4H3,(H,21,22);1H. The quantitative estimate of drug-likeness (QED) is 0.637. The van der Waals surface area contributed by atoms with Gasteiger partial charge in [-0.1, -0.05) is 19.9 Å². The van der Waals surface area contributed by atoms with E-state index in [0.29, 0.717) is 32.6 Å². The Labute approximate surface area is 162 Å². The van der Waals surface area contributed by atoms with Crippen molar-refractivity contribution in [3.8, 4) is 11.5 Å². The van der Waals surface area contributed by atoms with Gasteiger partial charge in [-0.2, -0.15) is 0 Å². The van der Waals surface area contributed by atoms with Gasteiger partial charge in [0.05, 0.1) is 19.8 Å². The summed E-state index contributed by atoms with van der Waals surface area (Å²) < 4.78 is 16.5. The molecular formula is C19H31ClN2O4. The molecule has 3 N–H and O–H groups in total. The summed E-state index contributed by atoms with van der Waals surface area (Å²) in [4.78, 5) is 12.5. The van der Waals surface area contributed by atoms with Crippen LogP contribution in [0.5, 0.6) is 11.5 Å². The van der Waals surface area contributed by atoms with E-state index in [1.165, 1.54) is 0 Å². The molecule has 2 unspecified atom stereocenters. The summed E-state index contributed by atoms with van der Waals surface area (Å²) in [5, 5.41) is 2.93. The molecule has 1 fully saturated rings. The maximum absolute atomic E-state index is 12.5. The molecule has 0 aliphatic heterocycles. The number of carbonyl (C=O) groups is 1. The Morgan fingerprint density at radius 3 is 2.65 bits per heavy atom. The fourth-order valence-corrected chi connectivity index (χ4v) is 3.13. The topological polar surface area (TPSA) is 82.8 Å². The molecule has 0 radical (unpaired) electrons. The van der Waals surface area contributed by atoms with Crippen LogP contribution in [0, 0.1) is 5.41 Å². The molecular weight excluding hydrogens is 356 g/mol. The highest BCUT2D eigenvalue weighted by Gasteiger charge is 2.62. The summed E-state index contributed by atoms with van der Waals surface area (Å²) in [7, 11) is 1.62. The highest BCUT2D eigenvalue weighted by Crippen LogP contribution is 2.49. The van der Waals surface area contributed by atoms with E-state index in [-0.39, 0.29) is 29.8 Å². The normalized spacial score (nSPS) is 23.3. The first-order valence-electron chi connectivity index (χ1n) is 8.80. The highest BCUT2D eigenvalue weighted by molar-refractivity contribution is 5.88. The molecule has 1 aliphatic carbocycles. The fraction of sp³-hybridized carbons (Fsp3) is 0.632. The number of rotatable bonds is 9. The minimum absolute atomic E-state index is 0. The molecule has 6 nitrogen and oxygen atoms in total. The highest BCUT2D eigenvalue weighted by atomic mass is 35.5. The van der Waals surface area contributed by atoms with E-state index < -0.39 is 5.54 Å². The van der Waals surface area contributed by atoms with E-state index >= 15 is 0 Å². The van der Waals surface area contributed by atoms with Crippen molar-refractivity contribution in [3.05, 3.63) is 24.3 Å². The Morgan fingerprint density at radius 1 is 1.35 bits per heavy atom. The van der Waals surface area contributed by atoms with Crippen LogP contribution in [-0.4, -0.2) is 44.4 Å². The zero-order valence-corrected chi connectivity index (χ0v) is 16.9. The average Bonchev–Trinajstić information content (AvgIpc) is 2.61. The van der Waals surface area contributed by atoms with Crippen LogP contribution in [0.4, 0.5) is 0 Å². The van der Waals surface area contributed by atoms with Gasteiger partial charge in [-0.3, -0.25) is 4.79 Å². The molecule has 7 heteroatoms. The fourth-order valence-electron chi connectivity index (χ4n) is 3.13.